The first-order valence-electron chi connectivity index (χ1n) is 12.5. The van der Waals surface area contributed by atoms with Crippen molar-refractivity contribution in [3.63, 3.8) is 0 Å². The fourth-order valence-electron chi connectivity index (χ4n) is 4.48. The van der Waals surface area contributed by atoms with Crippen LogP contribution in [0.4, 0.5) is 4.39 Å². The number of halogens is 1. The van der Waals surface area contributed by atoms with Crippen LogP contribution in [0.15, 0.2) is 72.8 Å². The van der Waals surface area contributed by atoms with Crippen LogP contribution in [0.3, 0.4) is 0 Å². The van der Waals surface area contributed by atoms with Gasteiger partial charge in [-0.05, 0) is 48.4 Å². The fraction of sp³-hybridized carbons (Fsp3) is 0.207. The second-order valence-electron chi connectivity index (χ2n) is 8.86. The number of aromatic nitrogens is 5. The third-order valence-electron chi connectivity index (χ3n) is 6.41. The lowest BCUT2D eigenvalue weighted by atomic mass is 10.0. The zero-order valence-corrected chi connectivity index (χ0v) is 21.2. The SMILES string of the molecule is CCNC/C(=C/C(=C\NC)c1cnc2n[nH]c(-c3cc4c(-c5cccc(F)c5)cncc4[nH]3)c2c1)CC. The fourth-order valence-corrected chi connectivity index (χ4v) is 4.48. The summed E-state index contributed by atoms with van der Waals surface area (Å²) in [6.45, 7) is 6.04. The van der Waals surface area contributed by atoms with Gasteiger partial charge >= 0.3 is 0 Å². The monoisotopic (exact) mass is 495 g/mol. The Morgan fingerprint density at radius 3 is 2.76 bits per heavy atom. The predicted octanol–water partition coefficient (Wildman–Crippen LogP) is 5.81. The molecule has 188 valence electrons. The number of fused-ring (bicyclic) bond motifs is 2. The number of allylic oxidation sites excluding steroid dienone is 2. The number of hydrogen-bond acceptors (Lipinski definition) is 5. The Balaban J connectivity index is 1.58. The van der Waals surface area contributed by atoms with Gasteiger partial charge in [-0.1, -0.05) is 37.6 Å². The summed E-state index contributed by atoms with van der Waals surface area (Å²) in [6.07, 6.45) is 10.5. The van der Waals surface area contributed by atoms with E-state index < -0.39 is 0 Å². The number of pyridine rings is 2. The minimum Gasteiger partial charge on any atom is -0.393 e. The maximum absolute atomic E-state index is 13.9. The van der Waals surface area contributed by atoms with E-state index in [-0.39, 0.29) is 5.82 Å². The molecule has 0 amide bonds. The first kappa shape index (κ1) is 24.4. The second-order valence-corrected chi connectivity index (χ2v) is 8.86. The van der Waals surface area contributed by atoms with Gasteiger partial charge in [0.15, 0.2) is 5.65 Å². The summed E-state index contributed by atoms with van der Waals surface area (Å²) in [7, 11) is 1.90. The van der Waals surface area contributed by atoms with Crippen molar-refractivity contribution < 1.29 is 4.39 Å². The van der Waals surface area contributed by atoms with E-state index in [9.17, 15) is 4.39 Å². The number of nitrogens with zero attached hydrogens (tertiary/aromatic N) is 3. The quantitative estimate of drug-likeness (QED) is 0.194. The molecule has 0 aliphatic carbocycles. The van der Waals surface area contributed by atoms with Crippen LogP contribution < -0.4 is 10.6 Å². The molecule has 4 aromatic heterocycles. The van der Waals surface area contributed by atoms with Crippen LogP contribution in [0.25, 0.3) is 50.0 Å². The van der Waals surface area contributed by atoms with Crippen LogP contribution in [0.1, 0.15) is 25.8 Å². The second kappa shape index (κ2) is 10.8. The lowest BCUT2D eigenvalue weighted by Gasteiger charge is -2.09. The Kier molecular flexibility index (Phi) is 7.09. The maximum Gasteiger partial charge on any atom is 0.181 e. The van der Waals surface area contributed by atoms with Crippen LogP contribution in [0.5, 0.6) is 0 Å². The zero-order chi connectivity index (χ0) is 25.8. The Morgan fingerprint density at radius 1 is 1.08 bits per heavy atom. The van der Waals surface area contributed by atoms with Gasteiger partial charge in [0.25, 0.3) is 0 Å². The van der Waals surface area contributed by atoms with E-state index in [4.69, 9.17) is 0 Å². The molecule has 37 heavy (non-hydrogen) atoms. The highest BCUT2D eigenvalue weighted by atomic mass is 19.1. The molecule has 0 atom stereocenters. The van der Waals surface area contributed by atoms with Gasteiger partial charge in [0.1, 0.15) is 5.82 Å². The number of rotatable bonds is 9. The van der Waals surface area contributed by atoms with Crippen molar-refractivity contribution >= 4 is 27.5 Å². The van der Waals surface area contributed by atoms with E-state index in [2.05, 4.69) is 61.8 Å². The van der Waals surface area contributed by atoms with Gasteiger partial charge in [-0.25, -0.2) is 9.37 Å². The number of benzene rings is 1. The van der Waals surface area contributed by atoms with Gasteiger partial charge in [0.2, 0.25) is 0 Å². The molecule has 4 N–H and O–H groups in total. The van der Waals surface area contributed by atoms with Crippen molar-refractivity contribution in [2.45, 2.75) is 20.3 Å². The molecule has 7 nitrogen and oxygen atoms in total. The average Bonchev–Trinajstić information content (AvgIpc) is 3.54. The average molecular weight is 496 g/mol. The first-order chi connectivity index (χ1) is 18.1. The summed E-state index contributed by atoms with van der Waals surface area (Å²) >= 11 is 0. The van der Waals surface area contributed by atoms with Crippen LogP contribution in [-0.4, -0.2) is 45.3 Å². The zero-order valence-electron chi connectivity index (χ0n) is 21.2. The van der Waals surface area contributed by atoms with Crippen molar-refractivity contribution in [3.05, 3.63) is 84.2 Å². The van der Waals surface area contributed by atoms with E-state index in [1.165, 1.54) is 17.7 Å². The van der Waals surface area contributed by atoms with E-state index >= 15 is 0 Å². The highest BCUT2D eigenvalue weighted by Crippen LogP contribution is 2.34. The molecule has 0 saturated heterocycles. The van der Waals surface area contributed by atoms with Gasteiger partial charge < -0.3 is 15.6 Å². The molecular formula is C29H30FN7. The summed E-state index contributed by atoms with van der Waals surface area (Å²) in [4.78, 5) is 12.5. The maximum atomic E-state index is 13.9. The Labute approximate surface area is 214 Å². The lowest BCUT2D eigenvalue weighted by Crippen LogP contribution is -2.16. The van der Waals surface area contributed by atoms with E-state index in [1.54, 1.807) is 18.5 Å². The third kappa shape index (κ3) is 5.01. The molecule has 1 aromatic carbocycles. The molecule has 0 saturated carbocycles. The van der Waals surface area contributed by atoms with Crippen molar-refractivity contribution in [3.8, 4) is 22.5 Å². The van der Waals surface area contributed by atoms with Crippen LogP contribution in [-0.2, 0) is 0 Å². The van der Waals surface area contributed by atoms with E-state index in [0.29, 0.717) is 5.65 Å². The standard InChI is InChI=1S/C29H30FN7/c1-4-18(13-32-5-2)9-20(14-31-3)21-11-24-28(36-37-29(24)34-15-21)26-12-23-25(16-33-17-27(23)35-26)19-7-6-8-22(30)10-19/h6-12,14-17,31-32,35H,4-5,13H2,1-3H3,(H,34,36,37)/b18-9+,20-14+. The molecule has 0 aliphatic heterocycles. The summed E-state index contributed by atoms with van der Waals surface area (Å²) < 4.78 is 13.9. The largest absolute Gasteiger partial charge is 0.393 e. The number of aromatic amines is 2. The lowest BCUT2D eigenvalue weighted by molar-refractivity contribution is 0.628. The van der Waals surface area contributed by atoms with Gasteiger partial charge in [-0.15, -0.1) is 0 Å². The first-order valence-corrected chi connectivity index (χ1v) is 12.5. The summed E-state index contributed by atoms with van der Waals surface area (Å²) in [5, 5.41) is 16.0. The van der Waals surface area contributed by atoms with Gasteiger partial charge in [-0.3, -0.25) is 10.1 Å². The van der Waals surface area contributed by atoms with Crippen LogP contribution in [0.2, 0.25) is 0 Å². The van der Waals surface area contributed by atoms with Gasteiger partial charge in [-0.2, -0.15) is 5.10 Å². The number of H-pyrrole nitrogens is 2. The van der Waals surface area contributed by atoms with Crippen LogP contribution in [0, 0.1) is 5.82 Å². The van der Waals surface area contributed by atoms with Crippen molar-refractivity contribution in [1.29, 1.82) is 0 Å². The van der Waals surface area contributed by atoms with Crippen LogP contribution >= 0.6 is 0 Å². The summed E-state index contributed by atoms with van der Waals surface area (Å²) in [5.41, 5.74) is 8.18. The smallest absolute Gasteiger partial charge is 0.181 e. The molecular weight excluding hydrogens is 465 g/mol. The molecule has 0 aliphatic rings. The number of likely N-dealkylation sites (N-methyl/N-ethyl adjacent to an activating group) is 1. The minimum atomic E-state index is -0.278. The number of hydrogen-bond donors (Lipinski definition) is 4. The highest BCUT2D eigenvalue weighted by Gasteiger charge is 2.15. The summed E-state index contributed by atoms with van der Waals surface area (Å²) in [5.74, 6) is -0.278. The Morgan fingerprint density at radius 2 is 1.97 bits per heavy atom. The van der Waals surface area contributed by atoms with Gasteiger partial charge in [0.05, 0.1) is 23.1 Å². The van der Waals surface area contributed by atoms with Gasteiger partial charge in [0, 0.05) is 54.1 Å². The highest BCUT2D eigenvalue weighted by molar-refractivity contribution is 6.00. The Hall–Kier alpha value is -4.30. The molecule has 0 bridgehead atoms. The molecule has 8 heteroatoms. The molecule has 0 unspecified atom stereocenters. The number of nitrogens with one attached hydrogen (secondary N) is 4. The molecule has 5 rings (SSSR count). The Bertz CT molecular complexity index is 1610. The topological polar surface area (TPSA) is 94.3 Å². The molecule has 4 heterocycles. The van der Waals surface area contributed by atoms with Crippen molar-refractivity contribution in [2.24, 2.45) is 0 Å². The van der Waals surface area contributed by atoms with E-state index in [1.807, 2.05) is 31.6 Å². The van der Waals surface area contributed by atoms with Crippen molar-refractivity contribution in [1.82, 2.24) is 35.8 Å². The molecule has 5 aromatic rings. The predicted molar refractivity (Wildman–Crippen MR) is 148 cm³/mol. The summed E-state index contributed by atoms with van der Waals surface area (Å²) in [6, 6.07) is 10.7. The molecule has 0 radical (unpaired) electrons. The normalized spacial score (nSPS) is 12.5. The third-order valence-corrected chi connectivity index (χ3v) is 6.41. The van der Waals surface area contributed by atoms with Crippen molar-refractivity contribution in [2.75, 3.05) is 20.1 Å². The minimum absolute atomic E-state index is 0.278. The van der Waals surface area contributed by atoms with E-state index in [0.717, 1.165) is 69.5 Å². The molecule has 0 fully saturated rings. The molecule has 0 spiro atoms.